The van der Waals surface area contributed by atoms with Crippen molar-refractivity contribution in [1.82, 2.24) is 10.6 Å². The number of hydrogen-bond donors (Lipinski definition) is 2. The van der Waals surface area contributed by atoms with Gasteiger partial charge in [0.2, 0.25) is 0 Å². The highest BCUT2D eigenvalue weighted by Crippen LogP contribution is 2.08. The molecule has 0 amide bonds. The number of benzene rings is 1. The molecule has 1 fully saturated rings. The second kappa shape index (κ2) is 5.99. The molecule has 0 radical (unpaired) electrons. The molecule has 1 heterocycles. The molecule has 88 valence electrons. The summed E-state index contributed by atoms with van der Waals surface area (Å²) in [6.07, 6.45) is 1.42. The average molecular weight is 220 g/mol. The predicted molar refractivity (Wildman–Crippen MR) is 65.4 cm³/mol. The minimum Gasteiger partial charge on any atom is -0.379 e. The highest BCUT2D eigenvalue weighted by Gasteiger charge is 2.23. The van der Waals surface area contributed by atoms with Gasteiger partial charge in [-0.1, -0.05) is 30.3 Å². The minimum absolute atomic E-state index is 0.289. The zero-order valence-electron chi connectivity index (χ0n) is 9.78. The molecule has 0 saturated carbocycles. The molecule has 2 rings (SSSR count). The Hall–Kier alpha value is -0.900. The van der Waals surface area contributed by atoms with Crippen LogP contribution in [0.1, 0.15) is 12.0 Å². The molecule has 16 heavy (non-hydrogen) atoms. The van der Waals surface area contributed by atoms with Crippen molar-refractivity contribution in [2.24, 2.45) is 0 Å². The fourth-order valence-electron chi connectivity index (χ4n) is 2.16. The lowest BCUT2D eigenvalue weighted by Crippen LogP contribution is -2.51. The summed E-state index contributed by atoms with van der Waals surface area (Å²) in [5.41, 5.74) is 1.33. The Morgan fingerprint density at radius 3 is 2.94 bits per heavy atom. The zero-order chi connectivity index (χ0) is 11.2. The number of nitrogens with one attached hydrogen (secondary N) is 2. The molecular formula is C13H20N2O. The van der Waals surface area contributed by atoms with Gasteiger partial charge in [0.05, 0.1) is 6.10 Å². The largest absolute Gasteiger partial charge is 0.379 e. The Morgan fingerprint density at radius 2 is 2.19 bits per heavy atom. The summed E-state index contributed by atoms with van der Waals surface area (Å²) >= 11 is 0. The second-order valence-electron chi connectivity index (χ2n) is 4.24. The van der Waals surface area contributed by atoms with Crippen LogP contribution in [0.25, 0.3) is 0 Å². The second-order valence-corrected chi connectivity index (χ2v) is 4.24. The molecule has 1 aliphatic rings. The van der Waals surface area contributed by atoms with E-state index in [4.69, 9.17) is 4.74 Å². The van der Waals surface area contributed by atoms with E-state index in [1.165, 1.54) is 5.56 Å². The third-order valence-electron chi connectivity index (χ3n) is 3.14. The van der Waals surface area contributed by atoms with Crippen LogP contribution in [-0.4, -0.2) is 32.3 Å². The highest BCUT2D eigenvalue weighted by molar-refractivity contribution is 5.14. The summed E-state index contributed by atoms with van der Waals surface area (Å²) in [5.74, 6) is 0. The average Bonchev–Trinajstić information content (AvgIpc) is 2.38. The highest BCUT2D eigenvalue weighted by atomic mass is 16.5. The van der Waals surface area contributed by atoms with Gasteiger partial charge in [0.1, 0.15) is 0 Å². The minimum atomic E-state index is 0.289. The van der Waals surface area contributed by atoms with Crippen molar-refractivity contribution in [2.75, 3.05) is 20.2 Å². The van der Waals surface area contributed by atoms with Gasteiger partial charge in [-0.05, 0) is 18.5 Å². The van der Waals surface area contributed by atoms with E-state index in [-0.39, 0.29) is 6.10 Å². The number of methoxy groups -OCH3 is 1. The van der Waals surface area contributed by atoms with Crippen molar-refractivity contribution in [3.05, 3.63) is 35.9 Å². The molecule has 3 heteroatoms. The van der Waals surface area contributed by atoms with Gasteiger partial charge in [-0.25, -0.2) is 0 Å². The molecule has 1 aromatic rings. The van der Waals surface area contributed by atoms with E-state index in [9.17, 15) is 0 Å². The Labute approximate surface area is 97.2 Å². The molecule has 2 N–H and O–H groups in total. The van der Waals surface area contributed by atoms with Gasteiger partial charge in [0.15, 0.2) is 0 Å². The molecule has 1 saturated heterocycles. The Kier molecular flexibility index (Phi) is 4.34. The van der Waals surface area contributed by atoms with E-state index in [1.807, 2.05) is 6.07 Å². The van der Waals surface area contributed by atoms with Crippen LogP contribution in [0.2, 0.25) is 0 Å². The molecule has 0 aromatic heterocycles. The van der Waals surface area contributed by atoms with Crippen molar-refractivity contribution in [1.29, 1.82) is 0 Å². The maximum absolute atomic E-state index is 5.47. The Bertz CT molecular complexity index is 302. The summed E-state index contributed by atoms with van der Waals surface area (Å²) in [5, 5.41) is 6.92. The first-order valence-electron chi connectivity index (χ1n) is 5.91. The van der Waals surface area contributed by atoms with Crippen LogP contribution >= 0.6 is 0 Å². The number of hydrogen-bond acceptors (Lipinski definition) is 3. The first-order valence-corrected chi connectivity index (χ1v) is 5.91. The molecule has 0 unspecified atom stereocenters. The fraction of sp³-hybridized carbons (Fsp3) is 0.538. The van der Waals surface area contributed by atoms with Gasteiger partial charge < -0.3 is 15.4 Å². The molecule has 1 aromatic carbocycles. The van der Waals surface area contributed by atoms with E-state index >= 15 is 0 Å². The fourth-order valence-corrected chi connectivity index (χ4v) is 2.16. The summed E-state index contributed by atoms with van der Waals surface area (Å²) in [4.78, 5) is 0. The lowest BCUT2D eigenvalue weighted by atomic mass is 10.0. The summed E-state index contributed by atoms with van der Waals surface area (Å²) in [7, 11) is 1.79. The molecule has 3 nitrogen and oxygen atoms in total. The van der Waals surface area contributed by atoms with Crippen molar-refractivity contribution in [3.8, 4) is 0 Å². The van der Waals surface area contributed by atoms with Gasteiger partial charge in [0.25, 0.3) is 0 Å². The summed E-state index contributed by atoms with van der Waals surface area (Å²) in [6.45, 7) is 2.95. The Balaban J connectivity index is 1.84. The lowest BCUT2D eigenvalue weighted by molar-refractivity contribution is 0.0512. The summed E-state index contributed by atoms with van der Waals surface area (Å²) in [6, 6.07) is 11.0. The van der Waals surface area contributed by atoms with Crippen molar-refractivity contribution in [3.63, 3.8) is 0 Å². The number of ether oxygens (including phenoxy) is 1. The predicted octanol–water partition coefficient (Wildman–Crippen LogP) is 1.15. The quantitative estimate of drug-likeness (QED) is 0.798. The first kappa shape index (κ1) is 11.6. The van der Waals surface area contributed by atoms with Crippen LogP contribution in [0.15, 0.2) is 30.3 Å². The van der Waals surface area contributed by atoms with Crippen molar-refractivity contribution < 1.29 is 4.74 Å². The maximum atomic E-state index is 5.47. The zero-order valence-corrected chi connectivity index (χ0v) is 9.78. The molecule has 0 spiro atoms. The Morgan fingerprint density at radius 1 is 1.38 bits per heavy atom. The van der Waals surface area contributed by atoms with Gasteiger partial charge in [-0.2, -0.15) is 0 Å². The lowest BCUT2D eigenvalue weighted by Gasteiger charge is -2.31. The SMILES string of the molecule is CO[C@@H]1CNCC[C@@H]1NCc1ccccc1. The van der Waals surface area contributed by atoms with E-state index in [2.05, 4.69) is 34.9 Å². The van der Waals surface area contributed by atoms with E-state index in [1.54, 1.807) is 7.11 Å². The van der Waals surface area contributed by atoms with Crippen molar-refractivity contribution in [2.45, 2.75) is 25.1 Å². The molecule has 0 aliphatic carbocycles. The molecule has 0 bridgehead atoms. The standard InChI is InChI=1S/C13H20N2O/c1-16-13-10-14-8-7-12(13)15-9-11-5-3-2-4-6-11/h2-6,12-15H,7-10H2,1H3/t12-,13+/m0/s1. The number of piperidine rings is 1. The van der Waals surface area contributed by atoms with Crippen LogP contribution in [-0.2, 0) is 11.3 Å². The van der Waals surface area contributed by atoms with Crippen LogP contribution < -0.4 is 10.6 Å². The van der Waals surface area contributed by atoms with Gasteiger partial charge in [0, 0.05) is 26.2 Å². The van der Waals surface area contributed by atoms with Crippen molar-refractivity contribution >= 4 is 0 Å². The summed E-state index contributed by atoms with van der Waals surface area (Å²) < 4.78 is 5.47. The molecule has 1 aliphatic heterocycles. The monoisotopic (exact) mass is 220 g/mol. The van der Waals surface area contributed by atoms with Gasteiger partial charge in [-0.3, -0.25) is 0 Å². The van der Waals surface area contributed by atoms with E-state index < -0.39 is 0 Å². The third kappa shape index (κ3) is 3.04. The molecule has 2 atom stereocenters. The van der Waals surface area contributed by atoms with Gasteiger partial charge >= 0.3 is 0 Å². The van der Waals surface area contributed by atoms with E-state index in [0.29, 0.717) is 6.04 Å². The van der Waals surface area contributed by atoms with Crippen LogP contribution in [0, 0.1) is 0 Å². The van der Waals surface area contributed by atoms with Gasteiger partial charge in [-0.15, -0.1) is 0 Å². The maximum Gasteiger partial charge on any atom is 0.0848 e. The first-order chi connectivity index (χ1) is 7.90. The van der Waals surface area contributed by atoms with Crippen LogP contribution in [0.3, 0.4) is 0 Å². The molecular weight excluding hydrogens is 200 g/mol. The van der Waals surface area contributed by atoms with E-state index in [0.717, 1.165) is 26.1 Å². The van der Waals surface area contributed by atoms with Crippen LogP contribution in [0.5, 0.6) is 0 Å². The number of rotatable bonds is 4. The normalized spacial score (nSPS) is 25.6. The third-order valence-corrected chi connectivity index (χ3v) is 3.14. The smallest absolute Gasteiger partial charge is 0.0848 e. The van der Waals surface area contributed by atoms with Crippen LogP contribution in [0.4, 0.5) is 0 Å². The topological polar surface area (TPSA) is 33.3 Å².